The number of hydrogen-bond donors (Lipinski definition) is 1. The predicted octanol–water partition coefficient (Wildman–Crippen LogP) is 2.13. The number of aromatic nitrogens is 1. The number of thioether (sulfide) groups is 1. The van der Waals surface area contributed by atoms with Gasteiger partial charge in [-0.2, -0.15) is 0 Å². The van der Waals surface area contributed by atoms with Crippen LogP contribution < -0.4 is 5.32 Å². The van der Waals surface area contributed by atoms with Crippen molar-refractivity contribution in [2.45, 2.75) is 11.7 Å². The van der Waals surface area contributed by atoms with Crippen molar-refractivity contribution in [2.75, 3.05) is 0 Å². The minimum atomic E-state index is -0.342. The van der Waals surface area contributed by atoms with Gasteiger partial charge in [-0.05, 0) is 18.1 Å². The molecule has 1 N–H and O–H groups in total. The van der Waals surface area contributed by atoms with Crippen LogP contribution >= 0.6 is 11.8 Å². The van der Waals surface area contributed by atoms with Gasteiger partial charge in [-0.15, -0.1) is 0 Å². The zero-order chi connectivity index (χ0) is 12.5. The van der Waals surface area contributed by atoms with E-state index < -0.39 is 0 Å². The molecule has 1 aromatic heterocycles. The smallest absolute Gasteiger partial charge is 0.286 e. The van der Waals surface area contributed by atoms with Crippen LogP contribution in [0.25, 0.3) is 10.9 Å². The number of benzene rings is 1. The third-order valence-corrected chi connectivity index (χ3v) is 3.87. The van der Waals surface area contributed by atoms with Crippen molar-refractivity contribution in [2.24, 2.45) is 0 Å². The van der Waals surface area contributed by atoms with Gasteiger partial charge in [-0.25, -0.2) is 0 Å². The molecule has 2 heterocycles. The lowest BCUT2D eigenvalue weighted by Gasteiger charge is -2.07. The Hall–Kier alpha value is -1.88. The number of imide groups is 1. The van der Waals surface area contributed by atoms with E-state index in [-0.39, 0.29) is 16.4 Å². The summed E-state index contributed by atoms with van der Waals surface area (Å²) in [6, 6.07) is 9.75. The zero-order valence-corrected chi connectivity index (χ0v) is 10.2. The van der Waals surface area contributed by atoms with Crippen molar-refractivity contribution in [1.29, 1.82) is 0 Å². The van der Waals surface area contributed by atoms with E-state index in [1.807, 2.05) is 30.3 Å². The Morgan fingerprint density at radius 2 is 2.06 bits per heavy atom. The number of hydrogen-bond acceptors (Lipinski definition) is 4. The maximum absolute atomic E-state index is 11.6. The molecule has 3 rings (SSSR count). The number of fused-ring (bicyclic) bond motifs is 1. The molecule has 1 atom stereocenters. The van der Waals surface area contributed by atoms with Crippen LogP contribution in [0.5, 0.6) is 0 Å². The highest BCUT2D eigenvalue weighted by atomic mass is 32.2. The molecule has 1 aromatic carbocycles. The first kappa shape index (κ1) is 11.2. The Kier molecular flexibility index (Phi) is 2.76. The maximum atomic E-state index is 11.6. The Bertz CT molecular complexity index is 636. The Balaban J connectivity index is 1.95. The van der Waals surface area contributed by atoms with E-state index in [0.717, 1.165) is 28.2 Å². The molecule has 0 spiro atoms. The van der Waals surface area contributed by atoms with Crippen LogP contribution in [0.3, 0.4) is 0 Å². The molecule has 1 fully saturated rings. The fraction of sp³-hybridized carbons (Fsp3) is 0.154. The third kappa shape index (κ3) is 1.97. The summed E-state index contributed by atoms with van der Waals surface area (Å²) in [5.41, 5.74) is 1.89. The highest BCUT2D eigenvalue weighted by Crippen LogP contribution is 2.25. The van der Waals surface area contributed by atoms with Crippen LogP contribution in [0.2, 0.25) is 0 Å². The van der Waals surface area contributed by atoms with Crippen molar-refractivity contribution < 1.29 is 9.59 Å². The van der Waals surface area contributed by atoms with Gasteiger partial charge in [0.15, 0.2) is 0 Å². The molecule has 18 heavy (non-hydrogen) atoms. The van der Waals surface area contributed by atoms with Crippen LogP contribution in [0.15, 0.2) is 36.5 Å². The molecular formula is C13H10N2O2S. The summed E-state index contributed by atoms with van der Waals surface area (Å²) >= 11 is 1.05. The van der Waals surface area contributed by atoms with E-state index in [9.17, 15) is 9.59 Å². The summed E-state index contributed by atoms with van der Waals surface area (Å²) in [4.78, 5) is 27.0. The molecule has 0 aliphatic carbocycles. The fourth-order valence-electron chi connectivity index (χ4n) is 2.06. The van der Waals surface area contributed by atoms with Gasteiger partial charge in [0.1, 0.15) is 0 Å². The van der Waals surface area contributed by atoms with Crippen molar-refractivity contribution in [3.8, 4) is 0 Å². The molecule has 4 nitrogen and oxygen atoms in total. The molecule has 1 unspecified atom stereocenters. The lowest BCUT2D eigenvalue weighted by Crippen LogP contribution is -2.25. The minimum Gasteiger partial charge on any atom is -0.286 e. The summed E-state index contributed by atoms with van der Waals surface area (Å²) in [6.45, 7) is 0. The molecule has 0 bridgehead atoms. The van der Waals surface area contributed by atoms with Crippen LogP contribution in [0.1, 0.15) is 5.56 Å². The van der Waals surface area contributed by atoms with Crippen LogP contribution in [0, 0.1) is 0 Å². The molecular weight excluding hydrogens is 248 g/mol. The molecule has 0 radical (unpaired) electrons. The maximum Gasteiger partial charge on any atom is 0.286 e. The zero-order valence-electron chi connectivity index (χ0n) is 9.42. The van der Waals surface area contributed by atoms with Gasteiger partial charge in [0.25, 0.3) is 5.24 Å². The third-order valence-electron chi connectivity index (χ3n) is 2.89. The summed E-state index contributed by atoms with van der Waals surface area (Å²) in [5, 5.41) is 2.74. The molecule has 1 aliphatic rings. The molecule has 2 amide bonds. The van der Waals surface area contributed by atoms with E-state index >= 15 is 0 Å². The largest absolute Gasteiger partial charge is 0.286 e. The second kappa shape index (κ2) is 4.42. The summed E-state index contributed by atoms with van der Waals surface area (Å²) < 4.78 is 0. The van der Waals surface area contributed by atoms with Gasteiger partial charge in [-0.3, -0.25) is 19.9 Å². The number of carbonyl (C=O) groups is 2. The Morgan fingerprint density at radius 1 is 1.22 bits per heavy atom. The van der Waals surface area contributed by atoms with Crippen molar-refractivity contribution in [3.05, 3.63) is 42.1 Å². The lowest BCUT2D eigenvalue weighted by atomic mass is 10.0. The van der Waals surface area contributed by atoms with Gasteiger partial charge in [0.2, 0.25) is 5.91 Å². The molecule has 90 valence electrons. The van der Waals surface area contributed by atoms with Gasteiger partial charge in [0.05, 0.1) is 10.8 Å². The number of rotatable bonds is 2. The van der Waals surface area contributed by atoms with Crippen molar-refractivity contribution in [3.63, 3.8) is 0 Å². The van der Waals surface area contributed by atoms with E-state index in [1.165, 1.54) is 0 Å². The number of pyridine rings is 1. The van der Waals surface area contributed by atoms with E-state index in [2.05, 4.69) is 10.3 Å². The van der Waals surface area contributed by atoms with E-state index in [4.69, 9.17) is 0 Å². The normalized spacial score (nSPS) is 19.2. The average molecular weight is 258 g/mol. The number of nitrogens with zero attached hydrogens (tertiary/aromatic N) is 1. The molecule has 0 saturated carbocycles. The standard InChI is InChI=1S/C13H10N2O2S/c16-12-10(18-13(17)15-12)7-9-4-1-3-8-5-2-6-14-11(8)9/h1-6,10H,7H2,(H,15,16,17). The first-order valence-corrected chi connectivity index (χ1v) is 6.46. The highest BCUT2D eigenvalue weighted by Gasteiger charge is 2.31. The predicted molar refractivity (Wildman–Crippen MR) is 70.4 cm³/mol. The minimum absolute atomic E-state index is 0.210. The van der Waals surface area contributed by atoms with E-state index in [1.54, 1.807) is 6.20 Å². The first-order chi connectivity index (χ1) is 8.74. The molecule has 5 heteroatoms. The topological polar surface area (TPSA) is 59.1 Å². The first-order valence-electron chi connectivity index (χ1n) is 5.58. The van der Waals surface area contributed by atoms with Gasteiger partial charge >= 0.3 is 0 Å². The second-order valence-electron chi connectivity index (χ2n) is 4.08. The van der Waals surface area contributed by atoms with Crippen LogP contribution in [-0.4, -0.2) is 21.4 Å². The summed E-state index contributed by atoms with van der Waals surface area (Å²) in [5.74, 6) is -0.210. The number of amides is 2. The molecule has 2 aromatic rings. The van der Waals surface area contributed by atoms with Gasteiger partial charge in [-0.1, -0.05) is 36.0 Å². The Labute approximate surface area is 108 Å². The quantitative estimate of drug-likeness (QED) is 0.896. The summed E-state index contributed by atoms with van der Waals surface area (Å²) in [7, 11) is 0. The van der Waals surface area contributed by atoms with Crippen LogP contribution in [0.4, 0.5) is 4.79 Å². The highest BCUT2D eigenvalue weighted by molar-refractivity contribution is 8.15. The van der Waals surface area contributed by atoms with Crippen molar-refractivity contribution in [1.82, 2.24) is 10.3 Å². The van der Waals surface area contributed by atoms with Crippen LogP contribution in [-0.2, 0) is 11.2 Å². The van der Waals surface area contributed by atoms with Crippen molar-refractivity contribution >= 4 is 33.8 Å². The van der Waals surface area contributed by atoms with Gasteiger partial charge < -0.3 is 0 Å². The fourth-order valence-corrected chi connectivity index (χ4v) is 2.91. The molecule has 1 aliphatic heterocycles. The molecule has 1 saturated heterocycles. The average Bonchev–Trinajstić information content (AvgIpc) is 2.68. The van der Waals surface area contributed by atoms with Gasteiger partial charge in [0, 0.05) is 11.6 Å². The SMILES string of the molecule is O=C1NC(=O)C(Cc2cccc3cccnc23)S1. The second-order valence-corrected chi connectivity index (χ2v) is 5.26. The summed E-state index contributed by atoms with van der Waals surface area (Å²) in [6.07, 6.45) is 2.26. The number of para-hydroxylation sites is 1. The number of carbonyl (C=O) groups excluding carboxylic acids is 2. The monoisotopic (exact) mass is 258 g/mol. The number of nitrogens with one attached hydrogen (secondary N) is 1. The van der Waals surface area contributed by atoms with E-state index in [0.29, 0.717) is 6.42 Å². The Morgan fingerprint density at radius 3 is 2.83 bits per heavy atom. The lowest BCUT2D eigenvalue weighted by molar-refractivity contribution is -0.118.